The summed E-state index contributed by atoms with van der Waals surface area (Å²) in [6.45, 7) is 0.895. The molecule has 1 unspecified atom stereocenters. The fourth-order valence-electron chi connectivity index (χ4n) is 4.11. The van der Waals surface area contributed by atoms with E-state index in [1.165, 1.54) is 0 Å². The number of aromatic nitrogens is 2. The quantitative estimate of drug-likeness (QED) is 0.729. The van der Waals surface area contributed by atoms with Gasteiger partial charge in [-0.25, -0.2) is 17.9 Å². The molecular formula is C20H24F3N3O2. The maximum atomic E-state index is 13.9. The van der Waals surface area contributed by atoms with Crippen molar-refractivity contribution in [2.75, 3.05) is 7.05 Å². The molecule has 1 aromatic heterocycles. The molecule has 0 spiro atoms. The Labute approximate surface area is 161 Å². The Morgan fingerprint density at radius 1 is 1.11 bits per heavy atom. The van der Waals surface area contributed by atoms with Gasteiger partial charge in [0.1, 0.15) is 12.4 Å². The molecule has 1 atom stereocenters. The first-order chi connectivity index (χ1) is 13.5. The number of fused-ring (bicyclic) bond motifs is 3. The van der Waals surface area contributed by atoms with Gasteiger partial charge in [-0.3, -0.25) is 0 Å². The third-order valence-corrected chi connectivity index (χ3v) is 5.58. The van der Waals surface area contributed by atoms with Gasteiger partial charge in [-0.2, -0.15) is 5.10 Å². The minimum atomic E-state index is -1.22. The second-order valence-electron chi connectivity index (χ2n) is 7.54. The number of hydrogen-bond donors (Lipinski definition) is 1. The summed E-state index contributed by atoms with van der Waals surface area (Å²) in [5, 5.41) is 7.60. The van der Waals surface area contributed by atoms with Gasteiger partial charge in [0.25, 0.3) is 0 Å². The molecule has 1 aliphatic carbocycles. The van der Waals surface area contributed by atoms with E-state index in [-0.39, 0.29) is 18.3 Å². The van der Waals surface area contributed by atoms with E-state index in [9.17, 15) is 13.2 Å². The van der Waals surface area contributed by atoms with Gasteiger partial charge >= 0.3 is 0 Å². The van der Waals surface area contributed by atoms with Crippen molar-refractivity contribution in [1.29, 1.82) is 0 Å². The van der Waals surface area contributed by atoms with Gasteiger partial charge in [0.05, 0.1) is 24.4 Å². The molecule has 152 valence electrons. The average Bonchev–Trinajstić information content (AvgIpc) is 3.06. The monoisotopic (exact) mass is 395 g/mol. The lowest BCUT2D eigenvalue weighted by Gasteiger charge is -2.42. The molecule has 2 aromatic rings. The van der Waals surface area contributed by atoms with Gasteiger partial charge in [0, 0.05) is 24.2 Å². The van der Waals surface area contributed by atoms with Gasteiger partial charge in [0.15, 0.2) is 11.6 Å². The van der Waals surface area contributed by atoms with Gasteiger partial charge in [-0.15, -0.1) is 0 Å². The first-order valence-corrected chi connectivity index (χ1v) is 9.66. The van der Waals surface area contributed by atoms with Gasteiger partial charge in [-0.05, 0) is 44.7 Å². The molecular weight excluding hydrogens is 371 g/mol. The highest BCUT2D eigenvalue weighted by atomic mass is 19.2. The standard InChI is InChI=1S/C20H24F3N3O2/c1-24-9-14-7-20(27-11-13-6-17(22)18(23)8-16(13)21)26(25-14)10-19-12-2-4-15(28-19)5-3-12/h6-8,12,15,19,24H,2-5,9-11H2,1H3. The van der Waals surface area contributed by atoms with E-state index in [2.05, 4.69) is 10.4 Å². The van der Waals surface area contributed by atoms with Gasteiger partial charge in [0.2, 0.25) is 5.88 Å². The Bertz CT molecular complexity index is 834. The smallest absolute Gasteiger partial charge is 0.212 e. The minimum absolute atomic E-state index is 0.0465. The highest BCUT2D eigenvalue weighted by molar-refractivity contribution is 5.21. The number of nitrogens with one attached hydrogen (secondary N) is 1. The van der Waals surface area contributed by atoms with Crippen molar-refractivity contribution in [3.8, 4) is 5.88 Å². The number of nitrogens with zero attached hydrogens (tertiary/aromatic N) is 2. The fraction of sp³-hybridized carbons (Fsp3) is 0.550. The normalized spacial score (nSPS) is 23.9. The van der Waals surface area contributed by atoms with Crippen LogP contribution < -0.4 is 10.1 Å². The van der Waals surface area contributed by atoms with E-state index in [4.69, 9.17) is 9.47 Å². The topological polar surface area (TPSA) is 48.3 Å². The molecule has 1 N–H and O–H groups in total. The Morgan fingerprint density at radius 3 is 2.54 bits per heavy atom. The lowest BCUT2D eigenvalue weighted by molar-refractivity contribution is -0.131. The number of hydrogen-bond acceptors (Lipinski definition) is 4. The molecule has 2 saturated heterocycles. The SMILES string of the molecule is CNCc1cc(OCc2cc(F)c(F)cc2F)n(CC2OC3CCC2CC3)n1. The molecule has 1 aromatic carbocycles. The van der Waals surface area contributed by atoms with Crippen molar-refractivity contribution in [2.45, 2.75) is 57.6 Å². The van der Waals surface area contributed by atoms with Crippen LogP contribution in [0.5, 0.6) is 5.88 Å². The first kappa shape index (κ1) is 19.3. The summed E-state index contributed by atoms with van der Waals surface area (Å²) in [6.07, 6.45) is 4.96. The van der Waals surface area contributed by atoms with Crippen molar-refractivity contribution < 1.29 is 22.6 Å². The second-order valence-corrected chi connectivity index (χ2v) is 7.54. The third-order valence-electron chi connectivity index (χ3n) is 5.58. The van der Waals surface area contributed by atoms with Crippen LogP contribution in [0.3, 0.4) is 0 Å². The van der Waals surface area contributed by atoms with Crippen molar-refractivity contribution in [1.82, 2.24) is 15.1 Å². The zero-order chi connectivity index (χ0) is 19.7. The van der Waals surface area contributed by atoms with Crippen molar-refractivity contribution in [3.63, 3.8) is 0 Å². The Hall–Kier alpha value is -2.06. The molecule has 2 aliphatic heterocycles. The zero-order valence-corrected chi connectivity index (χ0v) is 15.8. The largest absolute Gasteiger partial charge is 0.473 e. The fourth-order valence-corrected chi connectivity index (χ4v) is 4.11. The number of benzene rings is 1. The van der Waals surface area contributed by atoms with Crippen LogP contribution in [0.1, 0.15) is 36.9 Å². The molecule has 2 bridgehead atoms. The average molecular weight is 395 g/mol. The van der Waals surface area contributed by atoms with Crippen LogP contribution in [0.15, 0.2) is 18.2 Å². The highest BCUT2D eigenvalue weighted by Crippen LogP contribution is 2.38. The Morgan fingerprint density at radius 2 is 1.86 bits per heavy atom. The highest BCUT2D eigenvalue weighted by Gasteiger charge is 2.37. The summed E-state index contributed by atoms with van der Waals surface area (Å²) in [5.74, 6) is -2.19. The molecule has 3 fully saturated rings. The van der Waals surface area contributed by atoms with Crippen molar-refractivity contribution in [3.05, 3.63) is 46.9 Å². The third kappa shape index (κ3) is 4.03. The van der Waals surface area contributed by atoms with E-state index in [1.807, 2.05) is 7.05 Å². The summed E-state index contributed by atoms with van der Waals surface area (Å²) in [6, 6.07) is 3.13. The van der Waals surface area contributed by atoms with Crippen LogP contribution in [0.4, 0.5) is 13.2 Å². The summed E-state index contributed by atoms with van der Waals surface area (Å²) >= 11 is 0. The van der Waals surface area contributed by atoms with Crippen molar-refractivity contribution >= 4 is 0 Å². The number of ether oxygens (including phenoxy) is 2. The number of rotatable bonds is 7. The van der Waals surface area contributed by atoms with Crippen LogP contribution in [0.25, 0.3) is 0 Å². The van der Waals surface area contributed by atoms with Crippen LogP contribution in [0.2, 0.25) is 0 Å². The zero-order valence-electron chi connectivity index (χ0n) is 15.8. The van der Waals surface area contributed by atoms with E-state index in [0.29, 0.717) is 37.1 Å². The van der Waals surface area contributed by atoms with E-state index in [1.54, 1.807) is 10.7 Å². The van der Waals surface area contributed by atoms with Crippen LogP contribution in [-0.4, -0.2) is 29.0 Å². The number of halogens is 3. The maximum Gasteiger partial charge on any atom is 0.212 e. The Balaban J connectivity index is 1.50. The summed E-state index contributed by atoms with van der Waals surface area (Å²) in [7, 11) is 1.82. The van der Waals surface area contributed by atoms with Crippen LogP contribution >= 0.6 is 0 Å². The molecule has 1 saturated carbocycles. The second kappa shape index (κ2) is 8.13. The summed E-state index contributed by atoms with van der Waals surface area (Å²) in [5.41, 5.74) is 0.735. The molecule has 5 nitrogen and oxygen atoms in total. The summed E-state index contributed by atoms with van der Waals surface area (Å²) < 4.78 is 54.0. The molecule has 28 heavy (non-hydrogen) atoms. The van der Waals surface area contributed by atoms with E-state index in [0.717, 1.165) is 37.4 Å². The van der Waals surface area contributed by atoms with Gasteiger partial charge < -0.3 is 14.8 Å². The van der Waals surface area contributed by atoms with Crippen molar-refractivity contribution in [2.24, 2.45) is 5.92 Å². The van der Waals surface area contributed by atoms with Gasteiger partial charge in [-0.1, -0.05) is 0 Å². The van der Waals surface area contributed by atoms with E-state index >= 15 is 0 Å². The molecule has 8 heteroatoms. The molecule has 0 amide bonds. The van der Waals surface area contributed by atoms with Crippen LogP contribution in [0, 0.1) is 23.4 Å². The predicted molar refractivity (Wildman–Crippen MR) is 96.3 cm³/mol. The lowest BCUT2D eigenvalue weighted by Crippen LogP contribution is -2.43. The van der Waals surface area contributed by atoms with Crippen LogP contribution in [-0.2, 0) is 24.4 Å². The predicted octanol–water partition coefficient (Wildman–Crippen LogP) is 3.56. The molecule has 5 rings (SSSR count). The molecule has 3 aliphatic rings. The van der Waals surface area contributed by atoms with E-state index < -0.39 is 17.5 Å². The maximum absolute atomic E-state index is 13.9. The first-order valence-electron chi connectivity index (χ1n) is 9.66. The molecule has 0 radical (unpaired) electrons. The minimum Gasteiger partial charge on any atom is -0.473 e. The Kier molecular flexibility index (Phi) is 5.59. The summed E-state index contributed by atoms with van der Waals surface area (Å²) in [4.78, 5) is 0. The molecule has 3 heterocycles. The lowest BCUT2D eigenvalue weighted by atomic mass is 9.80.